The molecule has 2 heterocycles. The van der Waals surface area contributed by atoms with Gasteiger partial charge in [-0.05, 0) is 83.3 Å². The summed E-state index contributed by atoms with van der Waals surface area (Å²) < 4.78 is 5.94. The minimum absolute atomic E-state index is 0.0635. The average molecular weight is 608 g/mol. The van der Waals surface area contributed by atoms with Crippen molar-refractivity contribution in [2.75, 3.05) is 18.0 Å². The number of hydrogen-bond acceptors (Lipinski definition) is 4. The van der Waals surface area contributed by atoms with Crippen molar-refractivity contribution in [2.45, 2.75) is 147 Å². The molecule has 1 radical (unpaired) electrons. The molecule has 2 aliphatic carbocycles. The molecule has 43 heavy (non-hydrogen) atoms. The topological polar surface area (TPSA) is 49.9 Å². The fourth-order valence-electron chi connectivity index (χ4n) is 7.65. The lowest BCUT2D eigenvalue weighted by molar-refractivity contribution is -0.139. The maximum atomic E-state index is 14.4. The summed E-state index contributed by atoms with van der Waals surface area (Å²) in [5.41, 5.74) is 2.20. The maximum Gasteiger partial charge on any atom is 0.330 e. The fraction of sp³-hybridized carbons (Fsp3) is 0.778. The Bertz CT molecular complexity index is 1150. The summed E-state index contributed by atoms with van der Waals surface area (Å²) in [6, 6.07) is 6.71. The molecule has 2 aliphatic heterocycles. The highest BCUT2D eigenvalue weighted by Crippen LogP contribution is 2.51. The fourth-order valence-corrected chi connectivity index (χ4v) is 7.70. The first kappa shape index (κ1) is 32.9. The van der Waals surface area contributed by atoms with E-state index in [2.05, 4.69) is 69.5 Å². The number of amides is 2. The molecule has 1 unspecified atom stereocenters. The predicted molar refractivity (Wildman–Crippen MR) is 181 cm³/mol. The van der Waals surface area contributed by atoms with Crippen LogP contribution in [-0.2, 0) is 19.7 Å². The maximum absolute atomic E-state index is 14.4. The Labute approximate surface area is 267 Å². The Balaban J connectivity index is 1.27. The third kappa shape index (κ3) is 6.74. The molecular formula is C36H56BN2O3S. The Kier molecular flexibility index (Phi) is 10.0. The molecule has 1 aromatic carbocycles. The molecule has 1 saturated heterocycles. The second kappa shape index (κ2) is 13.1. The Morgan fingerprint density at radius 1 is 1.09 bits per heavy atom. The molecule has 0 aromatic heterocycles. The van der Waals surface area contributed by atoms with E-state index >= 15 is 0 Å². The standard InChI is InChI=1S/C36H56BN2O3S/c1-7-11-27-22-29(23-27)39-31-24-28(37-42-34(3,4)35(5,6)43)16-17-30(31)36(33(39)41)18-20-38(21-19-36)32(40)25(2)12-8-9-13-26-14-10-15-26/h16-17,24-27,29,43H,7-15,18-23H2,1-6H3. The first-order valence-electron chi connectivity index (χ1n) is 17.4. The van der Waals surface area contributed by atoms with Gasteiger partial charge in [0, 0.05) is 35.5 Å². The van der Waals surface area contributed by atoms with Gasteiger partial charge < -0.3 is 14.5 Å². The molecule has 4 aliphatic rings. The SMILES string of the molecule is CCCC1CC(N2C(=O)C3(CCN(C(=O)C(C)CCCCC4CCC4)CC3)c3ccc([B]OC(C)(C)C(C)(C)S)cc32)C1. The van der Waals surface area contributed by atoms with Gasteiger partial charge in [-0.2, -0.15) is 12.6 Å². The molecule has 1 aromatic rings. The molecular weight excluding hydrogens is 551 g/mol. The van der Waals surface area contributed by atoms with Crippen molar-refractivity contribution in [1.29, 1.82) is 0 Å². The van der Waals surface area contributed by atoms with E-state index < -0.39 is 11.0 Å². The number of carbonyl (C=O) groups is 2. The normalized spacial score (nSPS) is 24.5. The quantitative estimate of drug-likeness (QED) is 0.146. The van der Waals surface area contributed by atoms with Crippen molar-refractivity contribution in [1.82, 2.24) is 4.90 Å². The van der Waals surface area contributed by atoms with Crippen LogP contribution in [0.15, 0.2) is 18.2 Å². The lowest BCUT2D eigenvalue weighted by atomic mass is 9.72. The molecule has 0 bridgehead atoms. The summed E-state index contributed by atoms with van der Waals surface area (Å²) in [6.07, 6.45) is 15.0. The van der Waals surface area contributed by atoms with Crippen molar-refractivity contribution in [2.24, 2.45) is 17.8 Å². The Hall–Kier alpha value is -1.47. The number of fused-ring (bicyclic) bond motifs is 2. The van der Waals surface area contributed by atoms with Crippen LogP contribution in [0.3, 0.4) is 0 Å². The highest BCUT2D eigenvalue weighted by atomic mass is 32.1. The van der Waals surface area contributed by atoms with Crippen molar-refractivity contribution in [3.8, 4) is 0 Å². The number of rotatable bonds is 13. The molecule has 5 nitrogen and oxygen atoms in total. The first-order valence-corrected chi connectivity index (χ1v) is 17.8. The third-order valence-corrected chi connectivity index (χ3v) is 12.3. The number of nitrogens with zero attached hydrogens (tertiary/aromatic N) is 2. The van der Waals surface area contributed by atoms with E-state index in [9.17, 15) is 9.59 Å². The molecule has 1 atom stereocenters. The van der Waals surface area contributed by atoms with Gasteiger partial charge in [0.15, 0.2) is 0 Å². The summed E-state index contributed by atoms with van der Waals surface area (Å²) in [7, 11) is 1.83. The summed E-state index contributed by atoms with van der Waals surface area (Å²) in [6.45, 7) is 13.9. The molecule has 1 spiro atoms. The zero-order valence-electron chi connectivity index (χ0n) is 27.8. The lowest BCUT2D eigenvalue weighted by Crippen LogP contribution is -2.54. The number of hydrogen-bond donors (Lipinski definition) is 1. The molecule has 3 fully saturated rings. The number of piperidine rings is 1. The van der Waals surface area contributed by atoms with Crippen LogP contribution in [0.25, 0.3) is 0 Å². The van der Waals surface area contributed by atoms with Gasteiger partial charge in [0.1, 0.15) is 0 Å². The highest BCUT2D eigenvalue weighted by Gasteiger charge is 2.55. The first-order chi connectivity index (χ1) is 20.4. The van der Waals surface area contributed by atoms with Crippen LogP contribution in [0.1, 0.15) is 131 Å². The number of likely N-dealkylation sites (tertiary alicyclic amines) is 1. The van der Waals surface area contributed by atoms with Crippen LogP contribution in [0.5, 0.6) is 0 Å². The minimum atomic E-state index is -0.528. The molecule has 0 N–H and O–H groups in total. The van der Waals surface area contributed by atoms with Crippen molar-refractivity contribution in [3.05, 3.63) is 23.8 Å². The molecule has 5 rings (SSSR count). The number of benzene rings is 1. The van der Waals surface area contributed by atoms with E-state index in [0.29, 0.717) is 31.8 Å². The van der Waals surface area contributed by atoms with Crippen LogP contribution in [0.2, 0.25) is 0 Å². The van der Waals surface area contributed by atoms with Gasteiger partial charge in [0.2, 0.25) is 11.8 Å². The second-order valence-electron chi connectivity index (χ2n) is 15.4. The van der Waals surface area contributed by atoms with Gasteiger partial charge in [-0.1, -0.05) is 82.8 Å². The number of thiol groups is 1. The van der Waals surface area contributed by atoms with Gasteiger partial charge in [-0.25, -0.2) is 0 Å². The molecule has 2 saturated carbocycles. The molecule has 7 heteroatoms. The Morgan fingerprint density at radius 3 is 2.40 bits per heavy atom. The summed E-state index contributed by atoms with van der Waals surface area (Å²) >= 11 is 4.75. The predicted octanol–water partition coefficient (Wildman–Crippen LogP) is 7.22. The number of anilines is 1. The largest absolute Gasteiger partial charge is 0.428 e. The van der Waals surface area contributed by atoms with Gasteiger partial charge >= 0.3 is 7.48 Å². The van der Waals surface area contributed by atoms with Gasteiger partial charge in [0.05, 0.1) is 11.0 Å². The van der Waals surface area contributed by atoms with Crippen molar-refractivity contribution < 1.29 is 14.2 Å². The van der Waals surface area contributed by atoms with E-state index in [1.165, 1.54) is 44.9 Å². The molecule has 237 valence electrons. The monoisotopic (exact) mass is 607 g/mol. The van der Waals surface area contributed by atoms with Crippen LogP contribution in [0, 0.1) is 17.8 Å². The summed E-state index contributed by atoms with van der Waals surface area (Å²) in [5, 5.41) is 0. The minimum Gasteiger partial charge on any atom is -0.428 e. The van der Waals surface area contributed by atoms with Crippen LogP contribution < -0.4 is 10.4 Å². The summed E-state index contributed by atoms with van der Waals surface area (Å²) in [5.74, 6) is 2.26. The van der Waals surface area contributed by atoms with Crippen LogP contribution in [0.4, 0.5) is 5.69 Å². The zero-order chi connectivity index (χ0) is 31.0. The highest BCUT2D eigenvalue weighted by molar-refractivity contribution is 7.81. The third-order valence-electron chi connectivity index (χ3n) is 11.7. The van der Waals surface area contributed by atoms with Crippen molar-refractivity contribution >= 4 is 43.1 Å². The Morgan fingerprint density at radius 2 is 1.79 bits per heavy atom. The average Bonchev–Trinajstić information content (AvgIpc) is 3.14. The molecule has 2 amide bonds. The van der Waals surface area contributed by atoms with Gasteiger partial charge in [0.25, 0.3) is 0 Å². The number of unbranched alkanes of at least 4 members (excludes halogenated alkanes) is 1. The lowest BCUT2D eigenvalue weighted by Gasteiger charge is -2.43. The van der Waals surface area contributed by atoms with E-state index in [-0.39, 0.29) is 28.5 Å². The van der Waals surface area contributed by atoms with E-state index in [4.69, 9.17) is 17.3 Å². The van der Waals surface area contributed by atoms with E-state index in [0.717, 1.165) is 48.3 Å². The zero-order valence-corrected chi connectivity index (χ0v) is 28.7. The van der Waals surface area contributed by atoms with E-state index in [1.54, 1.807) is 0 Å². The second-order valence-corrected chi connectivity index (χ2v) is 16.5. The van der Waals surface area contributed by atoms with Gasteiger partial charge in [-0.15, -0.1) is 0 Å². The summed E-state index contributed by atoms with van der Waals surface area (Å²) in [4.78, 5) is 32.1. The van der Waals surface area contributed by atoms with Gasteiger partial charge in [-0.3, -0.25) is 9.59 Å². The van der Waals surface area contributed by atoms with Crippen LogP contribution >= 0.6 is 12.6 Å². The van der Waals surface area contributed by atoms with Crippen molar-refractivity contribution in [3.63, 3.8) is 0 Å². The smallest absolute Gasteiger partial charge is 0.330 e. The van der Waals surface area contributed by atoms with E-state index in [1.807, 2.05) is 7.48 Å². The van der Waals surface area contributed by atoms with Crippen LogP contribution in [-0.4, -0.2) is 53.7 Å². The number of carbonyl (C=O) groups excluding carboxylic acids is 2.